The highest BCUT2D eigenvalue weighted by molar-refractivity contribution is 7.13. The Balaban J connectivity index is 1.49. The van der Waals surface area contributed by atoms with Crippen LogP contribution in [0.3, 0.4) is 0 Å². The minimum absolute atomic E-state index is 0.170. The van der Waals surface area contributed by atoms with Crippen molar-refractivity contribution in [1.29, 1.82) is 0 Å². The maximum atomic E-state index is 12.8. The lowest BCUT2D eigenvalue weighted by atomic mass is 9.84. The van der Waals surface area contributed by atoms with E-state index in [0.29, 0.717) is 5.69 Å². The van der Waals surface area contributed by atoms with Gasteiger partial charge in [-0.1, -0.05) is 12.1 Å². The Morgan fingerprint density at radius 2 is 2.00 bits per heavy atom. The number of likely N-dealkylation sites (N-methyl/N-ethyl adjacent to an activating group) is 1. The molecule has 9 heteroatoms. The molecule has 3 N–H and O–H groups in total. The third kappa shape index (κ3) is 3.86. The van der Waals surface area contributed by atoms with Crippen molar-refractivity contribution in [3.05, 3.63) is 47.7 Å². The number of rotatable bonds is 6. The number of benzene rings is 1. The molecule has 1 aromatic carbocycles. The molecule has 4 rings (SSSR count). The second kappa shape index (κ2) is 8.37. The molecule has 0 atom stereocenters. The number of aromatic nitrogens is 3. The van der Waals surface area contributed by atoms with Gasteiger partial charge in [-0.15, -0.1) is 11.3 Å². The molecule has 1 saturated heterocycles. The zero-order valence-electron chi connectivity index (χ0n) is 16.9. The molecule has 1 aliphatic heterocycles. The number of piperidine rings is 1. The minimum atomic E-state index is -0.460. The van der Waals surface area contributed by atoms with Gasteiger partial charge in [-0.05, 0) is 38.9 Å². The number of hydrogen-bond acceptors (Lipinski definition) is 7. The summed E-state index contributed by atoms with van der Waals surface area (Å²) in [6, 6.07) is 7.74. The summed E-state index contributed by atoms with van der Waals surface area (Å²) in [5.41, 5.74) is 2.45. The molecule has 0 saturated carbocycles. The first-order valence-electron chi connectivity index (χ1n) is 9.82. The van der Waals surface area contributed by atoms with Gasteiger partial charge in [0, 0.05) is 30.2 Å². The van der Waals surface area contributed by atoms with E-state index >= 15 is 0 Å². The van der Waals surface area contributed by atoms with E-state index in [0.717, 1.165) is 47.9 Å². The summed E-state index contributed by atoms with van der Waals surface area (Å²) in [5.74, 6) is -0.0815. The fraction of sp³-hybridized carbons (Fsp3) is 0.333. The molecule has 0 radical (unpaired) electrons. The van der Waals surface area contributed by atoms with E-state index in [1.807, 2.05) is 31.3 Å². The molecule has 2 aromatic heterocycles. The third-order valence-corrected chi connectivity index (χ3v) is 6.64. The van der Waals surface area contributed by atoms with Gasteiger partial charge in [-0.2, -0.15) is 5.10 Å². The number of nitrogens with zero attached hydrogens (tertiary/aromatic N) is 3. The van der Waals surface area contributed by atoms with Crippen LogP contribution in [0.15, 0.2) is 42.0 Å². The van der Waals surface area contributed by atoms with Crippen molar-refractivity contribution >= 4 is 34.4 Å². The first-order chi connectivity index (χ1) is 14.5. The number of Topliss-reactive ketones (excluding diaryl/α,β-unsaturated/α-hetero) is 1. The number of amides is 1. The highest BCUT2D eigenvalue weighted by Crippen LogP contribution is 2.32. The SMILES string of the molecule is CNC1(C(C)=O)CCN(c2ccccc2NC(=O)c2csc(-c3cn[nH]c3)n2)CC1. The Labute approximate surface area is 178 Å². The normalized spacial score (nSPS) is 15.7. The molecule has 0 spiro atoms. The summed E-state index contributed by atoms with van der Waals surface area (Å²) < 4.78 is 0. The molecule has 3 heterocycles. The Bertz CT molecular complexity index is 1040. The predicted molar refractivity (Wildman–Crippen MR) is 118 cm³/mol. The highest BCUT2D eigenvalue weighted by Gasteiger charge is 2.37. The predicted octanol–water partition coefficient (Wildman–Crippen LogP) is 2.93. The van der Waals surface area contributed by atoms with Gasteiger partial charge < -0.3 is 15.5 Å². The van der Waals surface area contributed by atoms with Gasteiger partial charge in [-0.3, -0.25) is 14.7 Å². The molecule has 0 bridgehead atoms. The largest absolute Gasteiger partial charge is 0.370 e. The molecule has 3 aromatic rings. The zero-order valence-corrected chi connectivity index (χ0v) is 17.8. The van der Waals surface area contributed by atoms with Crippen LogP contribution in [-0.2, 0) is 4.79 Å². The van der Waals surface area contributed by atoms with E-state index in [4.69, 9.17) is 0 Å². The number of carbonyl (C=O) groups is 2. The van der Waals surface area contributed by atoms with E-state index in [1.165, 1.54) is 11.3 Å². The summed E-state index contributed by atoms with van der Waals surface area (Å²) in [4.78, 5) is 31.6. The molecular weight excluding hydrogens is 400 g/mol. The number of aromatic amines is 1. The van der Waals surface area contributed by atoms with E-state index in [9.17, 15) is 9.59 Å². The maximum absolute atomic E-state index is 12.8. The van der Waals surface area contributed by atoms with Crippen molar-refractivity contribution < 1.29 is 9.59 Å². The van der Waals surface area contributed by atoms with Gasteiger partial charge in [0.15, 0.2) is 0 Å². The molecule has 8 nitrogen and oxygen atoms in total. The quantitative estimate of drug-likeness (QED) is 0.562. The average Bonchev–Trinajstić information content (AvgIpc) is 3.46. The van der Waals surface area contributed by atoms with Crippen LogP contribution >= 0.6 is 11.3 Å². The number of para-hydroxylation sites is 2. The second-order valence-corrected chi connectivity index (χ2v) is 8.23. The third-order valence-electron chi connectivity index (χ3n) is 5.74. The van der Waals surface area contributed by atoms with Crippen LogP contribution in [0.5, 0.6) is 0 Å². The van der Waals surface area contributed by atoms with Gasteiger partial charge in [0.05, 0.1) is 23.1 Å². The van der Waals surface area contributed by atoms with E-state index in [2.05, 4.69) is 30.7 Å². The first-order valence-corrected chi connectivity index (χ1v) is 10.7. The fourth-order valence-corrected chi connectivity index (χ4v) is 4.61. The lowest BCUT2D eigenvalue weighted by Crippen LogP contribution is -2.56. The van der Waals surface area contributed by atoms with Crippen LogP contribution in [0.2, 0.25) is 0 Å². The van der Waals surface area contributed by atoms with Crippen molar-refractivity contribution in [3.8, 4) is 10.6 Å². The fourth-order valence-electron chi connectivity index (χ4n) is 3.83. The molecule has 30 heavy (non-hydrogen) atoms. The summed E-state index contributed by atoms with van der Waals surface area (Å²) in [5, 5.41) is 15.4. The number of anilines is 2. The monoisotopic (exact) mass is 424 g/mol. The van der Waals surface area contributed by atoms with Crippen molar-refractivity contribution in [1.82, 2.24) is 20.5 Å². The van der Waals surface area contributed by atoms with Crippen LogP contribution in [0.4, 0.5) is 11.4 Å². The number of nitrogens with one attached hydrogen (secondary N) is 3. The van der Waals surface area contributed by atoms with Gasteiger partial charge in [0.1, 0.15) is 16.5 Å². The molecular formula is C21H24N6O2S. The Hall–Kier alpha value is -3.04. The van der Waals surface area contributed by atoms with Gasteiger partial charge in [-0.25, -0.2) is 4.98 Å². The summed E-state index contributed by atoms with van der Waals surface area (Å²) in [6.07, 6.45) is 4.87. The summed E-state index contributed by atoms with van der Waals surface area (Å²) in [7, 11) is 1.84. The van der Waals surface area contributed by atoms with Crippen molar-refractivity contribution in [2.24, 2.45) is 0 Å². The number of ketones is 1. The molecule has 156 valence electrons. The summed E-state index contributed by atoms with van der Waals surface area (Å²) in [6.45, 7) is 3.11. The second-order valence-electron chi connectivity index (χ2n) is 7.37. The Kier molecular flexibility index (Phi) is 5.65. The smallest absolute Gasteiger partial charge is 0.275 e. The van der Waals surface area contributed by atoms with E-state index in [-0.39, 0.29) is 11.7 Å². The molecule has 1 amide bonds. The number of thiazole rings is 1. The maximum Gasteiger partial charge on any atom is 0.275 e. The lowest BCUT2D eigenvalue weighted by Gasteiger charge is -2.41. The van der Waals surface area contributed by atoms with E-state index in [1.54, 1.807) is 24.7 Å². The van der Waals surface area contributed by atoms with Crippen molar-refractivity contribution in [2.45, 2.75) is 25.3 Å². The molecule has 0 aliphatic carbocycles. The van der Waals surface area contributed by atoms with Gasteiger partial charge in [0.2, 0.25) is 0 Å². The summed E-state index contributed by atoms with van der Waals surface area (Å²) >= 11 is 1.40. The Morgan fingerprint density at radius 3 is 2.67 bits per heavy atom. The molecule has 0 unspecified atom stereocenters. The van der Waals surface area contributed by atoms with Crippen molar-refractivity contribution in [3.63, 3.8) is 0 Å². The standard InChI is InChI=1S/C21H24N6O2S/c1-14(28)21(22-2)7-9-27(10-8-21)18-6-4-3-5-16(18)25-19(29)17-13-30-20(26-17)15-11-23-24-12-15/h3-6,11-13,22H,7-10H2,1-2H3,(H,23,24)(H,25,29). The van der Waals surface area contributed by atoms with E-state index < -0.39 is 5.54 Å². The van der Waals surface area contributed by atoms with Crippen molar-refractivity contribution in [2.75, 3.05) is 30.4 Å². The zero-order chi connectivity index (χ0) is 21.1. The van der Waals surface area contributed by atoms with Gasteiger partial charge in [0.25, 0.3) is 5.91 Å². The van der Waals surface area contributed by atoms with Crippen LogP contribution in [0, 0.1) is 0 Å². The topological polar surface area (TPSA) is 103 Å². The molecule has 1 fully saturated rings. The van der Waals surface area contributed by atoms with Gasteiger partial charge >= 0.3 is 0 Å². The average molecular weight is 425 g/mol. The van der Waals surface area contributed by atoms with Crippen LogP contribution in [-0.4, -0.2) is 52.5 Å². The Morgan fingerprint density at radius 1 is 1.23 bits per heavy atom. The minimum Gasteiger partial charge on any atom is -0.370 e. The lowest BCUT2D eigenvalue weighted by molar-refractivity contribution is -0.123. The molecule has 1 aliphatic rings. The first kappa shape index (κ1) is 20.2. The number of carbonyl (C=O) groups excluding carboxylic acids is 2. The highest BCUT2D eigenvalue weighted by atomic mass is 32.1. The van der Waals surface area contributed by atoms with Crippen LogP contribution in [0.1, 0.15) is 30.3 Å². The number of H-pyrrole nitrogens is 1. The van der Waals surface area contributed by atoms with Crippen LogP contribution < -0.4 is 15.5 Å². The number of hydrogen-bond donors (Lipinski definition) is 3. The van der Waals surface area contributed by atoms with Crippen LogP contribution in [0.25, 0.3) is 10.6 Å².